The van der Waals surface area contributed by atoms with Crippen LogP contribution >= 0.6 is 0 Å². The number of nitrogens with one attached hydrogen (secondary N) is 1. The van der Waals surface area contributed by atoms with Crippen molar-refractivity contribution in [2.75, 3.05) is 0 Å². The number of para-hydroxylation sites is 1. The van der Waals surface area contributed by atoms with Gasteiger partial charge in [0.15, 0.2) is 0 Å². The van der Waals surface area contributed by atoms with Crippen LogP contribution in [0.15, 0.2) is 30.5 Å². The number of Topliss-reactive ketones (excluding diaryl/α,β-unsaturated/α-hetero) is 1. The average molecular weight is 169 g/mol. The molecule has 13 heavy (non-hydrogen) atoms. The van der Waals surface area contributed by atoms with Gasteiger partial charge in [-0.05, 0) is 12.0 Å². The monoisotopic (exact) mass is 169 g/mol. The maximum atomic E-state index is 11.2. The number of carbonyl (C=O) groups excluding carboxylic acids is 1. The molecule has 0 aliphatic heterocycles. The molecule has 0 saturated heterocycles. The molecule has 0 saturated carbocycles. The third-order valence-corrected chi connectivity index (χ3v) is 1.96. The first kappa shape index (κ1) is 7.63. The molecule has 1 aromatic carbocycles. The molecule has 0 atom stereocenters. The first-order valence-electron chi connectivity index (χ1n) is 3.90. The number of aromatic nitrogens is 1. The van der Waals surface area contributed by atoms with Crippen molar-refractivity contribution in [1.29, 1.82) is 0 Å². The number of aromatic amines is 1. The fraction of sp³-hybridized carbons (Fsp3) is 0. The van der Waals surface area contributed by atoms with E-state index < -0.39 is 0 Å². The van der Waals surface area contributed by atoms with Crippen LogP contribution < -0.4 is 0 Å². The van der Waals surface area contributed by atoms with Crippen molar-refractivity contribution in [2.24, 2.45) is 0 Å². The smallest absolute Gasteiger partial charge is 0.237 e. The van der Waals surface area contributed by atoms with Crippen LogP contribution in [-0.2, 0) is 0 Å². The van der Waals surface area contributed by atoms with Crippen molar-refractivity contribution in [1.82, 2.24) is 4.98 Å². The largest absolute Gasteiger partial charge is 0.360 e. The van der Waals surface area contributed by atoms with Gasteiger partial charge in [0.05, 0.1) is 5.56 Å². The minimum Gasteiger partial charge on any atom is -0.360 e. The number of hydrogen-bond acceptors (Lipinski definition) is 1. The second-order valence-corrected chi connectivity index (χ2v) is 2.72. The third-order valence-electron chi connectivity index (χ3n) is 1.96. The van der Waals surface area contributed by atoms with Crippen molar-refractivity contribution in [3.8, 4) is 12.3 Å². The van der Waals surface area contributed by atoms with E-state index in [2.05, 4.69) is 10.9 Å². The molecule has 0 fully saturated rings. The van der Waals surface area contributed by atoms with Gasteiger partial charge in [-0.15, -0.1) is 6.42 Å². The van der Waals surface area contributed by atoms with E-state index in [-0.39, 0.29) is 5.78 Å². The van der Waals surface area contributed by atoms with Gasteiger partial charge < -0.3 is 4.98 Å². The van der Waals surface area contributed by atoms with E-state index >= 15 is 0 Å². The van der Waals surface area contributed by atoms with Gasteiger partial charge in [0.2, 0.25) is 5.78 Å². The summed E-state index contributed by atoms with van der Waals surface area (Å²) in [5.41, 5.74) is 1.50. The van der Waals surface area contributed by atoms with Crippen LogP contribution in [0.2, 0.25) is 0 Å². The van der Waals surface area contributed by atoms with Gasteiger partial charge in [0.25, 0.3) is 0 Å². The molecule has 1 heterocycles. The lowest BCUT2D eigenvalue weighted by Gasteiger charge is -1.89. The van der Waals surface area contributed by atoms with Gasteiger partial charge in [0, 0.05) is 17.1 Å². The van der Waals surface area contributed by atoms with Crippen molar-refractivity contribution < 1.29 is 4.79 Å². The van der Waals surface area contributed by atoms with Gasteiger partial charge in [0.1, 0.15) is 0 Å². The number of fused-ring (bicyclic) bond motifs is 1. The molecular weight excluding hydrogens is 162 g/mol. The molecule has 0 unspecified atom stereocenters. The third kappa shape index (κ3) is 1.11. The SMILES string of the molecule is C#CC(=O)c1c[nH]c2ccccc12. The Morgan fingerprint density at radius 3 is 2.92 bits per heavy atom. The molecular formula is C11H7NO. The van der Waals surface area contributed by atoms with E-state index in [0.29, 0.717) is 5.56 Å². The Hall–Kier alpha value is -2.01. The first-order chi connectivity index (χ1) is 6.33. The van der Waals surface area contributed by atoms with Crippen LogP contribution in [0.5, 0.6) is 0 Å². The van der Waals surface area contributed by atoms with E-state index in [1.54, 1.807) is 6.20 Å². The fourth-order valence-electron chi connectivity index (χ4n) is 1.34. The van der Waals surface area contributed by atoms with Gasteiger partial charge in [-0.2, -0.15) is 0 Å². The molecule has 0 bridgehead atoms. The number of ketones is 1. The number of hydrogen-bond donors (Lipinski definition) is 1. The summed E-state index contributed by atoms with van der Waals surface area (Å²) in [4.78, 5) is 14.2. The lowest BCUT2D eigenvalue weighted by molar-refractivity contribution is 0.105. The summed E-state index contributed by atoms with van der Waals surface area (Å²) in [6, 6.07) is 7.56. The lowest BCUT2D eigenvalue weighted by Crippen LogP contribution is -1.91. The number of terminal acetylenes is 1. The Labute approximate surface area is 75.6 Å². The Bertz CT molecular complexity index is 502. The molecule has 0 aliphatic rings. The van der Waals surface area contributed by atoms with Gasteiger partial charge in [-0.1, -0.05) is 18.2 Å². The van der Waals surface area contributed by atoms with Crippen molar-refractivity contribution in [3.63, 3.8) is 0 Å². The van der Waals surface area contributed by atoms with Crippen LogP contribution in [0.4, 0.5) is 0 Å². The minimum atomic E-state index is -0.280. The summed E-state index contributed by atoms with van der Waals surface area (Å²) in [5, 5.41) is 0.880. The molecule has 62 valence electrons. The summed E-state index contributed by atoms with van der Waals surface area (Å²) < 4.78 is 0. The molecule has 0 aliphatic carbocycles. The van der Waals surface area contributed by atoms with E-state index in [0.717, 1.165) is 10.9 Å². The Morgan fingerprint density at radius 2 is 2.15 bits per heavy atom. The molecule has 1 aromatic heterocycles. The number of rotatable bonds is 1. The van der Waals surface area contributed by atoms with Gasteiger partial charge in [-0.3, -0.25) is 4.79 Å². The molecule has 1 N–H and O–H groups in total. The van der Waals surface area contributed by atoms with E-state index in [1.165, 1.54) is 0 Å². The van der Waals surface area contributed by atoms with Gasteiger partial charge >= 0.3 is 0 Å². The van der Waals surface area contributed by atoms with Crippen LogP contribution in [0.25, 0.3) is 10.9 Å². The highest BCUT2D eigenvalue weighted by Crippen LogP contribution is 2.17. The lowest BCUT2D eigenvalue weighted by atomic mass is 10.1. The standard InChI is InChI=1S/C11H7NO/c1-2-11(13)9-7-12-10-6-4-3-5-8(9)10/h1,3-7,12H. The number of carbonyl (C=O) groups is 1. The first-order valence-corrected chi connectivity index (χ1v) is 3.90. The second-order valence-electron chi connectivity index (χ2n) is 2.72. The molecule has 2 rings (SSSR count). The zero-order chi connectivity index (χ0) is 9.26. The van der Waals surface area contributed by atoms with Crippen LogP contribution in [0.3, 0.4) is 0 Å². The molecule has 0 radical (unpaired) electrons. The highest BCUT2D eigenvalue weighted by molar-refractivity contribution is 6.16. The quantitative estimate of drug-likeness (QED) is 0.395. The van der Waals surface area contributed by atoms with Crippen LogP contribution in [0.1, 0.15) is 10.4 Å². The summed E-state index contributed by atoms with van der Waals surface area (Å²) in [5.74, 6) is 1.82. The summed E-state index contributed by atoms with van der Waals surface area (Å²) >= 11 is 0. The number of H-pyrrole nitrogens is 1. The fourth-order valence-corrected chi connectivity index (χ4v) is 1.34. The average Bonchev–Trinajstić information content (AvgIpc) is 2.60. The topological polar surface area (TPSA) is 32.9 Å². The zero-order valence-electron chi connectivity index (χ0n) is 6.87. The van der Waals surface area contributed by atoms with E-state index in [1.807, 2.05) is 24.3 Å². The minimum absolute atomic E-state index is 0.280. The second kappa shape index (κ2) is 2.80. The molecule has 0 amide bonds. The predicted molar refractivity (Wildman–Crippen MR) is 51.5 cm³/mol. The summed E-state index contributed by atoms with van der Waals surface area (Å²) in [6.07, 6.45) is 6.69. The Balaban J connectivity index is 2.73. The Kier molecular flexibility index (Phi) is 1.64. The van der Waals surface area contributed by atoms with Crippen molar-refractivity contribution >= 4 is 16.7 Å². The van der Waals surface area contributed by atoms with Crippen molar-refractivity contribution in [3.05, 3.63) is 36.0 Å². The maximum Gasteiger partial charge on any atom is 0.237 e. The maximum absolute atomic E-state index is 11.2. The van der Waals surface area contributed by atoms with Crippen LogP contribution in [-0.4, -0.2) is 10.8 Å². The Morgan fingerprint density at radius 1 is 1.38 bits per heavy atom. The summed E-state index contributed by atoms with van der Waals surface area (Å²) in [7, 11) is 0. The normalized spacial score (nSPS) is 9.77. The zero-order valence-corrected chi connectivity index (χ0v) is 6.87. The van der Waals surface area contributed by atoms with Crippen LogP contribution in [0, 0.1) is 12.3 Å². The molecule has 2 aromatic rings. The highest BCUT2D eigenvalue weighted by Gasteiger charge is 2.07. The molecule has 2 heteroatoms. The van der Waals surface area contributed by atoms with Gasteiger partial charge in [-0.25, -0.2) is 0 Å². The number of benzene rings is 1. The van der Waals surface area contributed by atoms with E-state index in [9.17, 15) is 4.79 Å². The molecule has 0 spiro atoms. The molecule has 2 nitrogen and oxygen atoms in total. The van der Waals surface area contributed by atoms with E-state index in [4.69, 9.17) is 6.42 Å². The van der Waals surface area contributed by atoms with Crippen molar-refractivity contribution in [2.45, 2.75) is 0 Å². The highest BCUT2D eigenvalue weighted by atomic mass is 16.1. The summed E-state index contributed by atoms with van der Waals surface area (Å²) in [6.45, 7) is 0. The predicted octanol–water partition coefficient (Wildman–Crippen LogP) is 1.98.